The molecular formula is C6H7N2O2+. The van der Waals surface area contributed by atoms with Crippen molar-refractivity contribution >= 4 is 5.69 Å². The summed E-state index contributed by atoms with van der Waals surface area (Å²) in [7, 11) is 0. The minimum Gasteiger partial charge on any atom is -0.323 e. The quantitative estimate of drug-likeness (QED) is 0.533. The predicted octanol–water partition coefficient (Wildman–Crippen LogP) is -0.838. The Morgan fingerprint density at radius 1 is 1.60 bits per heavy atom. The minimum absolute atomic E-state index is 0.0556. The molecule has 2 N–H and O–H groups in total. The number of hydrogen-bond acceptors (Lipinski definition) is 2. The molecule has 0 fully saturated rings. The SMILES string of the molecule is Cc1c[nH]c(=O)c([NH+]=O)c1. The van der Waals surface area contributed by atoms with Crippen molar-refractivity contribution in [3.05, 3.63) is 33.1 Å². The molecule has 1 aromatic rings. The first-order valence-corrected chi connectivity index (χ1v) is 2.81. The number of rotatable bonds is 1. The molecule has 0 spiro atoms. The topological polar surface area (TPSA) is 63.9 Å². The molecule has 0 atom stereocenters. The zero-order chi connectivity index (χ0) is 7.56. The lowest BCUT2D eigenvalue weighted by Gasteiger charge is -1.85. The number of aryl methyl sites for hydroxylation is 1. The number of pyridine rings is 1. The summed E-state index contributed by atoms with van der Waals surface area (Å²) in [6.45, 7) is 1.79. The van der Waals surface area contributed by atoms with Crippen molar-refractivity contribution in [2.24, 2.45) is 0 Å². The predicted molar refractivity (Wildman–Crippen MR) is 35.8 cm³/mol. The fourth-order valence-corrected chi connectivity index (χ4v) is 0.668. The van der Waals surface area contributed by atoms with Gasteiger partial charge >= 0.3 is 11.2 Å². The molecule has 0 saturated carbocycles. The Bertz CT molecular complexity index is 303. The third-order valence-corrected chi connectivity index (χ3v) is 1.16. The summed E-state index contributed by atoms with van der Waals surface area (Å²) in [5, 5.41) is 1.54. The maximum absolute atomic E-state index is 10.7. The van der Waals surface area contributed by atoms with Crippen LogP contribution in [0.15, 0.2) is 17.1 Å². The molecule has 1 heterocycles. The van der Waals surface area contributed by atoms with Crippen LogP contribution >= 0.6 is 0 Å². The van der Waals surface area contributed by atoms with Crippen LogP contribution in [0.25, 0.3) is 0 Å². The zero-order valence-corrected chi connectivity index (χ0v) is 5.47. The molecule has 0 unspecified atom stereocenters. The first-order chi connectivity index (χ1) is 4.74. The van der Waals surface area contributed by atoms with Gasteiger partial charge in [-0.1, -0.05) is 0 Å². The highest BCUT2D eigenvalue weighted by molar-refractivity contribution is 5.27. The molecular weight excluding hydrogens is 132 g/mol. The van der Waals surface area contributed by atoms with Crippen molar-refractivity contribution in [3.63, 3.8) is 0 Å². The van der Waals surface area contributed by atoms with Crippen molar-refractivity contribution in [2.45, 2.75) is 6.92 Å². The second-order valence-corrected chi connectivity index (χ2v) is 2.02. The van der Waals surface area contributed by atoms with E-state index < -0.39 is 0 Å². The molecule has 0 radical (unpaired) electrons. The summed E-state index contributed by atoms with van der Waals surface area (Å²) in [6.07, 6.45) is 1.54. The van der Waals surface area contributed by atoms with Crippen LogP contribution < -0.4 is 10.7 Å². The van der Waals surface area contributed by atoms with E-state index in [2.05, 4.69) is 4.98 Å². The number of nitroso groups, excluding NO2 is 1. The largest absolute Gasteiger partial charge is 0.324 e. The summed E-state index contributed by atoms with van der Waals surface area (Å²) in [5.74, 6) is 0. The Morgan fingerprint density at radius 2 is 2.30 bits per heavy atom. The Labute approximate surface area is 56.9 Å². The molecule has 0 aliphatic carbocycles. The first-order valence-electron chi connectivity index (χ1n) is 2.81. The van der Waals surface area contributed by atoms with E-state index >= 15 is 0 Å². The average molecular weight is 139 g/mol. The van der Waals surface area contributed by atoms with Crippen LogP contribution in [0.2, 0.25) is 0 Å². The molecule has 0 aliphatic rings. The van der Waals surface area contributed by atoms with Gasteiger partial charge in [0.15, 0.2) is 0 Å². The molecule has 1 aromatic heterocycles. The fourth-order valence-electron chi connectivity index (χ4n) is 0.668. The van der Waals surface area contributed by atoms with Crippen LogP contribution in [0.4, 0.5) is 5.69 Å². The van der Waals surface area contributed by atoms with E-state index in [-0.39, 0.29) is 11.2 Å². The maximum Gasteiger partial charge on any atom is 0.324 e. The molecule has 52 valence electrons. The Balaban J connectivity index is 3.35. The number of aromatic amines is 1. The van der Waals surface area contributed by atoms with E-state index in [1.807, 2.05) is 0 Å². The molecule has 1 rings (SSSR count). The van der Waals surface area contributed by atoms with Crippen LogP contribution in [0.5, 0.6) is 0 Å². The lowest BCUT2D eigenvalue weighted by molar-refractivity contribution is -0.381. The van der Waals surface area contributed by atoms with E-state index in [4.69, 9.17) is 0 Å². The van der Waals surface area contributed by atoms with E-state index in [1.165, 1.54) is 6.07 Å². The number of aromatic nitrogens is 1. The summed E-state index contributed by atoms with van der Waals surface area (Å²) >= 11 is 0. The zero-order valence-electron chi connectivity index (χ0n) is 5.47. The van der Waals surface area contributed by atoms with Gasteiger partial charge in [0.2, 0.25) is 0 Å². The minimum atomic E-state index is -0.388. The van der Waals surface area contributed by atoms with E-state index in [0.29, 0.717) is 0 Å². The van der Waals surface area contributed by atoms with Crippen LogP contribution in [0.3, 0.4) is 0 Å². The summed E-state index contributed by atoms with van der Waals surface area (Å²) in [4.78, 5) is 23.1. The van der Waals surface area contributed by atoms with Gasteiger partial charge in [-0.15, -0.1) is 0 Å². The van der Waals surface area contributed by atoms with Gasteiger partial charge in [0.05, 0.1) is 0 Å². The average Bonchev–Trinajstić information content (AvgIpc) is 1.94. The lowest BCUT2D eigenvalue weighted by atomic mass is 10.3. The molecule has 0 amide bonds. The third-order valence-electron chi connectivity index (χ3n) is 1.16. The highest BCUT2D eigenvalue weighted by atomic mass is 16.3. The normalized spacial score (nSPS) is 9.30. The van der Waals surface area contributed by atoms with E-state index in [0.717, 1.165) is 5.56 Å². The van der Waals surface area contributed by atoms with Crippen molar-refractivity contribution < 1.29 is 5.18 Å². The van der Waals surface area contributed by atoms with E-state index in [1.54, 1.807) is 18.3 Å². The van der Waals surface area contributed by atoms with Crippen molar-refractivity contribution in [1.82, 2.24) is 4.98 Å². The Kier molecular flexibility index (Phi) is 1.62. The summed E-state index contributed by atoms with van der Waals surface area (Å²) in [6, 6.07) is 1.49. The molecule has 10 heavy (non-hydrogen) atoms. The highest BCUT2D eigenvalue weighted by Gasteiger charge is 2.03. The number of nitrogens with one attached hydrogen (secondary N) is 2. The van der Waals surface area contributed by atoms with Crippen LogP contribution in [-0.2, 0) is 0 Å². The second kappa shape index (κ2) is 2.43. The molecule has 0 bridgehead atoms. The van der Waals surface area contributed by atoms with Crippen LogP contribution in [0, 0.1) is 11.8 Å². The molecule has 0 aromatic carbocycles. The smallest absolute Gasteiger partial charge is 0.323 e. The first kappa shape index (κ1) is 6.67. The number of hydrogen-bond donors (Lipinski definition) is 2. The fraction of sp³-hybridized carbons (Fsp3) is 0.167. The third kappa shape index (κ3) is 1.10. The lowest BCUT2D eigenvalue weighted by Crippen LogP contribution is -2.59. The monoisotopic (exact) mass is 139 g/mol. The van der Waals surface area contributed by atoms with Gasteiger partial charge in [0.1, 0.15) is 0 Å². The van der Waals surface area contributed by atoms with Gasteiger partial charge in [0, 0.05) is 22.3 Å². The molecule has 0 aliphatic heterocycles. The Morgan fingerprint density at radius 3 is 2.80 bits per heavy atom. The van der Waals surface area contributed by atoms with Gasteiger partial charge < -0.3 is 4.98 Å². The van der Waals surface area contributed by atoms with Gasteiger partial charge in [-0.2, -0.15) is 0 Å². The molecule has 4 nitrogen and oxygen atoms in total. The number of H-pyrrole nitrogens is 1. The van der Waals surface area contributed by atoms with Gasteiger partial charge in [-0.3, -0.25) is 4.79 Å². The van der Waals surface area contributed by atoms with Crippen LogP contribution in [0.1, 0.15) is 5.56 Å². The maximum atomic E-state index is 10.7. The van der Waals surface area contributed by atoms with E-state index in [9.17, 15) is 9.70 Å². The standard InChI is InChI=1S/C6H6N2O2/c1-4-2-5(8-10)6(9)7-3-4/h2-3H,1H3,(H,7,9)/p+1. The molecule has 0 saturated heterocycles. The Hall–Kier alpha value is -1.45. The van der Waals surface area contributed by atoms with Crippen LogP contribution in [-0.4, -0.2) is 4.98 Å². The van der Waals surface area contributed by atoms with Gasteiger partial charge in [-0.25, -0.2) is 0 Å². The summed E-state index contributed by atoms with van der Waals surface area (Å²) in [5.41, 5.74) is 0.513. The van der Waals surface area contributed by atoms with Gasteiger partial charge in [0.25, 0.3) is 0 Å². The van der Waals surface area contributed by atoms with Gasteiger partial charge in [-0.05, 0) is 12.5 Å². The van der Waals surface area contributed by atoms with Crippen molar-refractivity contribution in [1.29, 1.82) is 0 Å². The van der Waals surface area contributed by atoms with Crippen molar-refractivity contribution in [2.75, 3.05) is 0 Å². The molecule has 4 heteroatoms. The summed E-state index contributed by atoms with van der Waals surface area (Å²) < 4.78 is 0. The second-order valence-electron chi connectivity index (χ2n) is 2.02. The highest BCUT2D eigenvalue weighted by Crippen LogP contribution is 1.93. The van der Waals surface area contributed by atoms with Crippen molar-refractivity contribution in [3.8, 4) is 0 Å².